The number of aryl methyl sites for hydroxylation is 1. The Bertz CT molecular complexity index is 1300. The number of benzene rings is 3. The number of anilines is 1. The Labute approximate surface area is 197 Å². The molecule has 0 aromatic heterocycles. The third kappa shape index (κ3) is 3.94. The summed E-state index contributed by atoms with van der Waals surface area (Å²) >= 11 is 0. The van der Waals surface area contributed by atoms with E-state index in [1.807, 2.05) is 19.1 Å². The Balaban J connectivity index is 1.56. The van der Waals surface area contributed by atoms with Gasteiger partial charge in [-0.15, -0.1) is 0 Å². The first-order valence-electron chi connectivity index (χ1n) is 10.5. The van der Waals surface area contributed by atoms with Gasteiger partial charge in [0.05, 0.1) is 38.1 Å². The van der Waals surface area contributed by atoms with Crippen LogP contribution in [0.5, 0.6) is 17.2 Å². The summed E-state index contributed by atoms with van der Waals surface area (Å²) < 4.78 is 16.0. The summed E-state index contributed by atoms with van der Waals surface area (Å²) in [5.41, 5.74) is 2.76. The van der Waals surface area contributed by atoms with Crippen molar-refractivity contribution in [3.05, 3.63) is 82.4 Å². The van der Waals surface area contributed by atoms with Crippen LogP contribution in [0.4, 0.5) is 5.69 Å². The second-order valence-electron chi connectivity index (χ2n) is 7.69. The van der Waals surface area contributed by atoms with Crippen molar-refractivity contribution >= 4 is 23.4 Å². The van der Waals surface area contributed by atoms with E-state index in [1.54, 1.807) is 24.3 Å². The topological polar surface area (TPSA) is 94.2 Å². The Kier molecular flexibility index (Phi) is 6.23. The van der Waals surface area contributed by atoms with Gasteiger partial charge in [-0.1, -0.05) is 18.2 Å². The molecule has 0 spiro atoms. The number of rotatable bonds is 7. The van der Waals surface area contributed by atoms with Gasteiger partial charge in [0.15, 0.2) is 11.5 Å². The summed E-state index contributed by atoms with van der Waals surface area (Å²) in [7, 11) is 4.57. The number of nitrogens with one attached hydrogen (secondary N) is 1. The maximum Gasteiger partial charge on any atom is 0.266 e. The van der Waals surface area contributed by atoms with Crippen LogP contribution in [0, 0.1) is 6.92 Å². The quantitative estimate of drug-likeness (QED) is 0.540. The number of carbonyl (C=O) groups excluding carboxylic acids is 3. The Hall–Kier alpha value is -4.33. The van der Waals surface area contributed by atoms with Crippen molar-refractivity contribution in [2.45, 2.75) is 13.5 Å². The zero-order valence-corrected chi connectivity index (χ0v) is 19.3. The van der Waals surface area contributed by atoms with E-state index in [0.29, 0.717) is 28.5 Å². The van der Waals surface area contributed by atoms with E-state index < -0.39 is 17.7 Å². The van der Waals surface area contributed by atoms with Gasteiger partial charge in [0, 0.05) is 23.7 Å². The molecule has 0 bridgehead atoms. The predicted molar refractivity (Wildman–Crippen MR) is 126 cm³/mol. The molecule has 1 heterocycles. The molecule has 3 aromatic rings. The summed E-state index contributed by atoms with van der Waals surface area (Å²) in [5, 5.41) is 2.82. The summed E-state index contributed by atoms with van der Waals surface area (Å²) in [6.07, 6.45) is 0. The van der Waals surface area contributed by atoms with Crippen LogP contribution in [-0.4, -0.2) is 39.1 Å². The third-order valence-electron chi connectivity index (χ3n) is 5.73. The van der Waals surface area contributed by atoms with Crippen LogP contribution in [0.25, 0.3) is 0 Å². The zero-order chi connectivity index (χ0) is 24.4. The number of carbonyl (C=O) groups is 3. The molecule has 1 aliphatic rings. The van der Waals surface area contributed by atoms with Crippen LogP contribution >= 0.6 is 0 Å². The Morgan fingerprint density at radius 2 is 1.47 bits per heavy atom. The second-order valence-corrected chi connectivity index (χ2v) is 7.69. The van der Waals surface area contributed by atoms with Gasteiger partial charge in [-0.2, -0.15) is 0 Å². The molecule has 0 unspecified atom stereocenters. The number of fused-ring (bicyclic) bond motifs is 1. The lowest BCUT2D eigenvalue weighted by molar-refractivity contribution is 0.0923. The van der Waals surface area contributed by atoms with Gasteiger partial charge in [-0.3, -0.25) is 14.4 Å². The number of para-hydroxylation sites is 1. The van der Waals surface area contributed by atoms with Gasteiger partial charge in [-0.25, -0.2) is 4.90 Å². The van der Waals surface area contributed by atoms with E-state index in [9.17, 15) is 14.4 Å². The molecule has 3 amide bonds. The van der Waals surface area contributed by atoms with Crippen molar-refractivity contribution in [2.75, 3.05) is 26.2 Å². The molecule has 0 aliphatic carbocycles. The number of imide groups is 1. The average Bonchev–Trinajstić information content (AvgIpc) is 3.11. The van der Waals surface area contributed by atoms with Crippen LogP contribution < -0.4 is 24.4 Å². The fourth-order valence-corrected chi connectivity index (χ4v) is 3.92. The summed E-state index contributed by atoms with van der Waals surface area (Å²) in [6.45, 7) is 1.99. The van der Waals surface area contributed by atoms with E-state index in [-0.39, 0.29) is 23.2 Å². The molecule has 174 valence electrons. The molecule has 0 radical (unpaired) electrons. The van der Waals surface area contributed by atoms with E-state index in [4.69, 9.17) is 14.2 Å². The molecule has 3 aromatic carbocycles. The van der Waals surface area contributed by atoms with Crippen molar-refractivity contribution in [3.8, 4) is 17.2 Å². The molecule has 8 nitrogen and oxygen atoms in total. The monoisotopic (exact) mass is 460 g/mol. The maximum atomic E-state index is 13.1. The highest BCUT2D eigenvalue weighted by Crippen LogP contribution is 2.35. The minimum Gasteiger partial charge on any atom is -0.496 e. The number of nitrogens with zero attached hydrogens (tertiary/aromatic N) is 1. The van der Waals surface area contributed by atoms with E-state index >= 15 is 0 Å². The third-order valence-corrected chi connectivity index (χ3v) is 5.73. The molecule has 1 N–H and O–H groups in total. The Morgan fingerprint density at radius 1 is 0.824 bits per heavy atom. The van der Waals surface area contributed by atoms with Crippen LogP contribution in [0.3, 0.4) is 0 Å². The molecule has 8 heteroatoms. The molecular formula is C26H24N2O6. The van der Waals surface area contributed by atoms with Gasteiger partial charge in [0.1, 0.15) is 5.75 Å². The van der Waals surface area contributed by atoms with E-state index in [0.717, 1.165) is 10.5 Å². The Morgan fingerprint density at radius 3 is 2.15 bits per heavy atom. The normalized spacial score (nSPS) is 12.4. The van der Waals surface area contributed by atoms with Crippen LogP contribution in [-0.2, 0) is 6.54 Å². The summed E-state index contributed by atoms with van der Waals surface area (Å²) in [4.78, 5) is 40.0. The minimum atomic E-state index is -0.453. The van der Waals surface area contributed by atoms with Crippen LogP contribution in [0.2, 0.25) is 0 Å². The van der Waals surface area contributed by atoms with Crippen molar-refractivity contribution in [1.82, 2.24) is 5.32 Å². The molecule has 4 rings (SSSR count). The smallest absolute Gasteiger partial charge is 0.266 e. The van der Waals surface area contributed by atoms with Crippen LogP contribution in [0.15, 0.2) is 54.6 Å². The lowest BCUT2D eigenvalue weighted by atomic mass is 10.1. The van der Waals surface area contributed by atoms with E-state index in [1.165, 1.54) is 39.5 Å². The first-order chi connectivity index (χ1) is 16.4. The number of hydrogen-bond acceptors (Lipinski definition) is 6. The summed E-state index contributed by atoms with van der Waals surface area (Å²) in [5.74, 6) is 0.289. The van der Waals surface area contributed by atoms with Gasteiger partial charge in [0.2, 0.25) is 0 Å². The highest BCUT2D eigenvalue weighted by atomic mass is 16.5. The highest BCUT2D eigenvalue weighted by Gasteiger charge is 2.37. The number of ether oxygens (including phenoxy) is 3. The van der Waals surface area contributed by atoms with Gasteiger partial charge in [0.25, 0.3) is 17.7 Å². The largest absolute Gasteiger partial charge is 0.496 e. The summed E-state index contributed by atoms with van der Waals surface area (Å²) in [6, 6.07) is 15.1. The van der Waals surface area contributed by atoms with Crippen molar-refractivity contribution in [1.29, 1.82) is 0 Å². The fraction of sp³-hybridized carbons (Fsp3) is 0.192. The fourth-order valence-electron chi connectivity index (χ4n) is 3.92. The lowest BCUT2D eigenvalue weighted by Gasteiger charge is -2.16. The zero-order valence-electron chi connectivity index (χ0n) is 19.3. The predicted octanol–water partition coefficient (Wildman–Crippen LogP) is 3.75. The first kappa shape index (κ1) is 22.8. The number of methoxy groups -OCH3 is 3. The number of amides is 3. The van der Waals surface area contributed by atoms with Crippen molar-refractivity contribution in [3.63, 3.8) is 0 Å². The van der Waals surface area contributed by atoms with Gasteiger partial charge < -0.3 is 19.5 Å². The molecule has 0 atom stereocenters. The minimum absolute atomic E-state index is 0.154. The standard InChI is InChI=1S/C26H24N2O6/c1-15-7-5-6-8-20(15)28-25(30)18-10-9-16(11-19(18)26(28)31)24(29)27-14-17-12-22(33-3)23(34-4)13-21(17)32-2/h5-13H,14H2,1-4H3,(H,27,29). The van der Waals surface area contributed by atoms with Crippen molar-refractivity contribution in [2.24, 2.45) is 0 Å². The molecule has 0 fully saturated rings. The highest BCUT2D eigenvalue weighted by molar-refractivity contribution is 6.35. The molecule has 34 heavy (non-hydrogen) atoms. The van der Waals surface area contributed by atoms with Crippen molar-refractivity contribution < 1.29 is 28.6 Å². The molecule has 1 aliphatic heterocycles. The SMILES string of the molecule is COc1cc(OC)c(OC)cc1CNC(=O)c1ccc2c(c1)C(=O)N(c1ccccc1C)C2=O. The van der Waals surface area contributed by atoms with E-state index in [2.05, 4.69) is 5.32 Å². The second kappa shape index (κ2) is 9.27. The molecule has 0 saturated heterocycles. The van der Waals surface area contributed by atoms with Crippen LogP contribution in [0.1, 0.15) is 42.2 Å². The average molecular weight is 460 g/mol. The maximum absolute atomic E-state index is 13.1. The van der Waals surface area contributed by atoms with Gasteiger partial charge >= 0.3 is 0 Å². The van der Waals surface area contributed by atoms with Gasteiger partial charge in [-0.05, 0) is 42.8 Å². The molecule has 0 saturated carbocycles. The molecular weight excluding hydrogens is 436 g/mol. The first-order valence-corrected chi connectivity index (χ1v) is 10.5. The number of hydrogen-bond donors (Lipinski definition) is 1. The lowest BCUT2D eigenvalue weighted by Crippen LogP contribution is -2.30.